The number of hydrogen-bond acceptors (Lipinski definition) is 8. The Bertz CT molecular complexity index is 718. The van der Waals surface area contributed by atoms with Gasteiger partial charge in [0, 0.05) is 28.9 Å². The topological polar surface area (TPSA) is 161 Å². The Hall–Kier alpha value is -2.08. The molecule has 29 heavy (non-hydrogen) atoms. The minimum absolute atomic E-state index is 0.190. The molecule has 0 aliphatic heterocycles. The molecule has 11 heteroatoms. The number of carbonyl (C=O) groups is 2. The predicted octanol–water partition coefficient (Wildman–Crippen LogP) is 1.66. The van der Waals surface area contributed by atoms with Gasteiger partial charge in [0.2, 0.25) is 0 Å². The maximum absolute atomic E-state index is 10.1. The van der Waals surface area contributed by atoms with Crippen molar-refractivity contribution in [2.75, 3.05) is 32.0 Å². The van der Waals surface area contributed by atoms with Crippen molar-refractivity contribution in [2.45, 2.75) is 18.5 Å². The quantitative estimate of drug-likeness (QED) is 0.331. The number of rotatable bonds is 8. The normalized spacial score (nSPS) is 11.9. The number of ether oxygens (including phenoxy) is 2. The number of aliphatic carboxylic acids is 2. The highest BCUT2D eigenvalue weighted by Gasteiger charge is 2.09. The van der Waals surface area contributed by atoms with Crippen molar-refractivity contribution in [1.29, 1.82) is 0 Å². The first-order valence-electron chi connectivity index (χ1n) is 8.47. The second-order valence-corrected chi connectivity index (χ2v) is 6.98. The average Bonchev–Trinajstić information content (AvgIpc) is 3.18. The van der Waals surface area contributed by atoms with Crippen LogP contribution in [0.4, 0.5) is 0 Å². The van der Waals surface area contributed by atoms with Crippen LogP contribution in [0.5, 0.6) is 11.5 Å². The van der Waals surface area contributed by atoms with E-state index in [1.54, 1.807) is 26.0 Å². The molecule has 0 saturated heterocycles. The van der Waals surface area contributed by atoms with Gasteiger partial charge in [-0.15, -0.1) is 0 Å². The second kappa shape index (κ2) is 14.9. The van der Waals surface area contributed by atoms with E-state index >= 15 is 0 Å². The molecule has 0 amide bonds. The molecular formula is C18H29N3O6S2. The largest absolute Gasteiger partial charge is 0.493 e. The number of nitrogens with two attached hydrogens (primary N) is 2. The Morgan fingerprint density at radius 1 is 1.14 bits per heavy atom. The second-order valence-electron chi connectivity index (χ2n) is 5.63. The highest BCUT2D eigenvalue weighted by Crippen LogP contribution is 2.31. The van der Waals surface area contributed by atoms with Crippen molar-refractivity contribution in [3.63, 3.8) is 0 Å². The molecule has 0 aliphatic rings. The zero-order chi connectivity index (χ0) is 22.4. The molecule has 0 fully saturated rings. The predicted molar refractivity (Wildman–Crippen MR) is 119 cm³/mol. The highest BCUT2D eigenvalue weighted by atomic mass is 32.2. The maximum Gasteiger partial charge on any atom is 0.321 e. The number of hydrogen-bond donors (Lipinski definition) is 6. The van der Waals surface area contributed by atoms with Gasteiger partial charge in [0.25, 0.3) is 0 Å². The van der Waals surface area contributed by atoms with Crippen molar-refractivity contribution in [3.05, 3.63) is 24.4 Å². The van der Waals surface area contributed by atoms with Crippen LogP contribution in [-0.4, -0.2) is 71.2 Å². The van der Waals surface area contributed by atoms with E-state index in [9.17, 15) is 9.59 Å². The van der Waals surface area contributed by atoms with Gasteiger partial charge in [-0.3, -0.25) is 9.59 Å². The van der Waals surface area contributed by atoms with Gasteiger partial charge < -0.3 is 36.1 Å². The van der Waals surface area contributed by atoms with Gasteiger partial charge in [0.15, 0.2) is 11.5 Å². The summed E-state index contributed by atoms with van der Waals surface area (Å²) in [6.45, 7) is 0. The fourth-order valence-corrected chi connectivity index (χ4v) is 2.47. The fourth-order valence-electron chi connectivity index (χ4n) is 1.83. The molecule has 2 aromatic rings. The number of carboxylic acids is 2. The van der Waals surface area contributed by atoms with Crippen LogP contribution in [0.25, 0.3) is 10.9 Å². The lowest BCUT2D eigenvalue weighted by Crippen LogP contribution is -2.31. The van der Waals surface area contributed by atoms with Gasteiger partial charge >= 0.3 is 11.9 Å². The van der Waals surface area contributed by atoms with Crippen LogP contribution in [0.15, 0.2) is 24.4 Å². The summed E-state index contributed by atoms with van der Waals surface area (Å²) in [5, 5.41) is 17.4. The molecule has 164 valence electrons. The Morgan fingerprint density at radius 3 is 2.10 bits per heavy atom. The van der Waals surface area contributed by atoms with Crippen LogP contribution in [0, 0.1) is 0 Å². The lowest BCUT2D eigenvalue weighted by molar-refractivity contribution is -0.139. The lowest BCUT2D eigenvalue weighted by atomic mass is 10.2. The van der Waals surface area contributed by atoms with Gasteiger partial charge in [-0.1, -0.05) is 0 Å². The minimum Gasteiger partial charge on any atom is -0.493 e. The van der Waals surface area contributed by atoms with E-state index in [1.165, 1.54) is 0 Å². The molecule has 1 heterocycles. The third kappa shape index (κ3) is 10.3. The Balaban J connectivity index is 0.000000433. The van der Waals surface area contributed by atoms with Crippen LogP contribution in [-0.2, 0) is 9.59 Å². The number of benzene rings is 1. The summed E-state index contributed by atoms with van der Waals surface area (Å²) < 4.78 is 10.3. The zero-order valence-electron chi connectivity index (χ0n) is 16.6. The molecule has 1 aromatic heterocycles. The Kier molecular flexibility index (Phi) is 13.8. The molecule has 2 atom stereocenters. The van der Waals surface area contributed by atoms with Crippen molar-refractivity contribution < 1.29 is 29.3 Å². The lowest BCUT2D eigenvalue weighted by Gasteiger charge is -2.06. The molecule has 0 saturated carbocycles. The number of aromatic amines is 1. The maximum atomic E-state index is 10.1. The standard InChI is InChI=1S/C10H11NO2.C5H11NO2S.C3H7NO2S/c1-12-9-5-7-3-4-11-8(7)6-10(9)13-2;1-9-3-2-4(6)5(7)8;4-2(1-7)3(5)6/h3-6,11H,1-2H3;4H,2-3,6H2,1H3,(H,7,8);2,7H,1,4H2,(H,5,6)/t;4-;2-/m.00/s1. The fraction of sp³-hybridized carbons (Fsp3) is 0.444. The van der Waals surface area contributed by atoms with Crippen LogP contribution < -0.4 is 20.9 Å². The monoisotopic (exact) mass is 447 g/mol. The summed E-state index contributed by atoms with van der Waals surface area (Å²) in [5.41, 5.74) is 11.2. The molecular weight excluding hydrogens is 418 g/mol. The third-order valence-corrected chi connectivity index (χ3v) is 4.56. The van der Waals surface area contributed by atoms with Gasteiger partial charge in [-0.05, 0) is 30.6 Å². The van der Waals surface area contributed by atoms with E-state index in [0.29, 0.717) is 6.42 Å². The number of fused-ring (bicyclic) bond motifs is 1. The Labute approximate surface area is 179 Å². The van der Waals surface area contributed by atoms with E-state index in [0.717, 1.165) is 28.2 Å². The number of H-pyrrole nitrogens is 1. The van der Waals surface area contributed by atoms with Crippen LogP contribution in [0.3, 0.4) is 0 Å². The number of methoxy groups -OCH3 is 2. The molecule has 9 nitrogen and oxygen atoms in total. The first-order chi connectivity index (χ1) is 13.7. The average molecular weight is 448 g/mol. The van der Waals surface area contributed by atoms with Crippen LogP contribution in [0.2, 0.25) is 0 Å². The number of thioether (sulfide) groups is 1. The van der Waals surface area contributed by atoms with Crippen LogP contribution >= 0.6 is 24.4 Å². The van der Waals surface area contributed by atoms with E-state index in [1.807, 2.05) is 30.7 Å². The first-order valence-corrected chi connectivity index (χ1v) is 10.5. The van der Waals surface area contributed by atoms with Crippen molar-refractivity contribution in [3.8, 4) is 11.5 Å². The summed E-state index contributed by atoms with van der Waals surface area (Å²) in [5.74, 6) is 0.592. The summed E-state index contributed by atoms with van der Waals surface area (Å²) in [7, 11) is 3.27. The molecule has 0 unspecified atom stereocenters. The summed E-state index contributed by atoms with van der Waals surface area (Å²) in [6.07, 6.45) is 4.37. The molecule has 0 radical (unpaired) electrons. The van der Waals surface area contributed by atoms with Gasteiger partial charge in [0.05, 0.1) is 14.2 Å². The van der Waals surface area contributed by atoms with Crippen LogP contribution in [0.1, 0.15) is 6.42 Å². The number of nitrogens with one attached hydrogen (secondary N) is 1. The summed E-state index contributed by atoms with van der Waals surface area (Å²) >= 11 is 5.25. The number of carboxylic acid groups (broad SMARTS) is 2. The van der Waals surface area contributed by atoms with E-state index in [4.69, 9.17) is 31.2 Å². The van der Waals surface area contributed by atoms with Crippen molar-refractivity contribution >= 4 is 47.2 Å². The molecule has 0 bridgehead atoms. The third-order valence-electron chi connectivity index (χ3n) is 3.52. The minimum atomic E-state index is -1.00. The highest BCUT2D eigenvalue weighted by molar-refractivity contribution is 7.98. The molecule has 1 aromatic carbocycles. The molecule has 0 aliphatic carbocycles. The zero-order valence-corrected chi connectivity index (χ0v) is 18.3. The van der Waals surface area contributed by atoms with Gasteiger partial charge in [0.1, 0.15) is 12.1 Å². The SMILES string of the molecule is COc1cc2cc[nH]c2cc1OC.CSCC[C@H](N)C(=O)O.N[C@@H](CS)C(=O)O. The van der Waals surface area contributed by atoms with Crippen molar-refractivity contribution in [1.82, 2.24) is 4.98 Å². The van der Waals surface area contributed by atoms with E-state index < -0.39 is 24.0 Å². The number of aromatic nitrogens is 1. The number of thiol groups is 1. The molecule has 2 rings (SSSR count). The van der Waals surface area contributed by atoms with E-state index in [-0.39, 0.29) is 5.75 Å². The van der Waals surface area contributed by atoms with E-state index in [2.05, 4.69) is 17.6 Å². The molecule has 7 N–H and O–H groups in total. The van der Waals surface area contributed by atoms with Gasteiger partial charge in [-0.2, -0.15) is 24.4 Å². The first kappa shape index (κ1) is 26.9. The smallest absolute Gasteiger partial charge is 0.321 e. The summed E-state index contributed by atoms with van der Waals surface area (Å²) in [4.78, 5) is 22.9. The summed E-state index contributed by atoms with van der Waals surface area (Å²) in [6, 6.07) is 4.37. The molecule has 0 spiro atoms. The van der Waals surface area contributed by atoms with Crippen molar-refractivity contribution in [2.24, 2.45) is 11.5 Å². The van der Waals surface area contributed by atoms with Gasteiger partial charge in [-0.25, -0.2) is 0 Å². The Morgan fingerprint density at radius 2 is 1.69 bits per heavy atom.